The first-order valence-corrected chi connectivity index (χ1v) is 8.26. The van der Waals surface area contributed by atoms with Crippen molar-refractivity contribution in [2.45, 2.75) is 32.7 Å². The molecule has 0 saturated carbocycles. The molecule has 2 nitrogen and oxygen atoms in total. The summed E-state index contributed by atoms with van der Waals surface area (Å²) in [6, 6.07) is 8.84. The Bertz CT molecular complexity index is 507. The lowest BCUT2D eigenvalue weighted by molar-refractivity contribution is 0.519. The van der Waals surface area contributed by atoms with Crippen molar-refractivity contribution < 1.29 is 0 Å². The van der Waals surface area contributed by atoms with E-state index in [-0.39, 0.29) is 0 Å². The number of rotatable bonds is 6. The summed E-state index contributed by atoms with van der Waals surface area (Å²) in [6.45, 7) is 5.28. The van der Waals surface area contributed by atoms with Gasteiger partial charge in [-0.25, -0.2) is 4.98 Å². The summed E-state index contributed by atoms with van der Waals surface area (Å²) in [6.07, 6.45) is 2.12. The highest BCUT2D eigenvalue weighted by atomic mass is 79.9. The zero-order chi connectivity index (χ0) is 13.7. The lowest BCUT2D eigenvalue weighted by atomic mass is 10.0. The summed E-state index contributed by atoms with van der Waals surface area (Å²) < 4.78 is 1.12. The van der Waals surface area contributed by atoms with Crippen LogP contribution in [0.25, 0.3) is 0 Å². The van der Waals surface area contributed by atoms with Gasteiger partial charge in [0, 0.05) is 9.85 Å². The van der Waals surface area contributed by atoms with Gasteiger partial charge in [-0.05, 0) is 44.0 Å². The number of halogens is 1. The molecule has 4 heteroatoms. The van der Waals surface area contributed by atoms with E-state index in [1.807, 2.05) is 0 Å². The van der Waals surface area contributed by atoms with Crippen LogP contribution in [0.4, 0.5) is 0 Å². The van der Waals surface area contributed by atoms with Crippen LogP contribution in [0.2, 0.25) is 0 Å². The Morgan fingerprint density at radius 1 is 1.32 bits per heavy atom. The maximum atomic E-state index is 4.62. The second-order valence-electron chi connectivity index (χ2n) is 4.63. The van der Waals surface area contributed by atoms with Crippen molar-refractivity contribution in [1.82, 2.24) is 10.3 Å². The van der Waals surface area contributed by atoms with Crippen LogP contribution in [0.3, 0.4) is 0 Å². The largest absolute Gasteiger partial charge is 0.308 e. The molecule has 0 saturated heterocycles. The second kappa shape index (κ2) is 7.17. The van der Waals surface area contributed by atoms with E-state index in [0.29, 0.717) is 6.04 Å². The standard InChI is InChI=1S/C15H19BrN2S/c1-3-8-17-14(15-10-19-11(2)18-15)9-12-4-6-13(16)7-5-12/h4-7,10,14,17H,3,8-9H2,1-2H3. The highest BCUT2D eigenvalue weighted by Gasteiger charge is 2.14. The number of hydrogen-bond donors (Lipinski definition) is 1. The van der Waals surface area contributed by atoms with E-state index in [9.17, 15) is 0 Å². The number of hydrogen-bond acceptors (Lipinski definition) is 3. The minimum Gasteiger partial charge on any atom is -0.308 e. The first-order chi connectivity index (χ1) is 9.19. The van der Waals surface area contributed by atoms with Gasteiger partial charge in [-0.15, -0.1) is 11.3 Å². The molecule has 19 heavy (non-hydrogen) atoms. The minimum atomic E-state index is 0.311. The molecule has 0 aliphatic rings. The first kappa shape index (κ1) is 14.7. The minimum absolute atomic E-state index is 0.311. The summed E-state index contributed by atoms with van der Waals surface area (Å²) in [5.41, 5.74) is 2.50. The van der Waals surface area contributed by atoms with Gasteiger partial charge < -0.3 is 5.32 Å². The fourth-order valence-electron chi connectivity index (χ4n) is 2.00. The Morgan fingerprint density at radius 2 is 2.05 bits per heavy atom. The third-order valence-electron chi connectivity index (χ3n) is 2.99. The van der Waals surface area contributed by atoms with E-state index in [2.05, 4.69) is 69.7 Å². The van der Waals surface area contributed by atoms with Gasteiger partial charge in [0.2, 0.25) is 0 Å². The predicted molar refractivity (Wildman–Crippen MR) is 85.7 cm³/mol. The lowest BCUT2D eigenvalue weighted by Gasteiger charge is -2.16. The van der Waals surface area contributed by atoms with Gasteiger partial charge in [0.05, 0.1) is 16.7 Å². The maximum Gasteiger partial charge on any atom is 0.0898 e. The number of benzene rings is 1. The van der Waals surface area contributed by atoms with Crippen molar-refractivity contribution in [2.24, 2.45) is 0 Å². The van der Waals surface area contributed by atoms with E-state index in [0.717, 1.165) is 28.9 Å². The average Bonchev–Trinajstić information content (AvgIpc) is 2.83. The van der Waals surface area contributed by atoms with Gasteiger partial charge in [-0.1, -0.05) is 35.0 Å². The molecular formula is C15H19BrN2S. The topological polar surface area (TPSA) is 24.9 Å². The third-order valence-corrected chi connectivity index (χ3v) is 4.31. The van der Waals surface area contributed by atoms with Crippen molar-refractivity contribution in [2.75, 3.05) is 6.54 Å². The van der Waals surface area contributed by atoms with Crippen LogP contribution >= 0.6 is 27.3 Å². The third kappa shape index (κ3) is 4.41. The molecule has 2 aromatic rings. The normalized spacial score (nSPS) is 12.6. The molecular weight excluding hydrogens is 320 g/mol. The molecule has 1 heterocycles. The summed E-state index contributed by atoms with van der Waals surface area (Å²) in [7, 11) is 0. The van der Waals surface area contributed by atoms with Crippen molar-refractivity contribution in [1.29, 1.82) is 0 Å². The van der Waals surface area contributed by atoms with Crippen molar-refractivity contribution in [3.63, 3.8) is 0 Å². The Morgan fingerprint density at radius 3 is 2.63 bits per heavy atom. The smallest absolute Gasteiger partial charge is 0.0898 e. The van der Waals surface area contributed by atoms with Gasteiger partial charge >= 0.3 is 0 Å². The zero-order valence-electron chi connectivity index (χ0n) is 11.3. The van der Waals surface area contributed by atoms with Crippen molar-refractivity contribution in [3.05, 3.63) is 50.4 Å². The van der Waals surface area contributed by atoms with Gasteiger partial charge in [0.15, 0.2) is 0 Å². The van der Waals surface area contributed by atoms with E-state index < -0.39 is 0 Å². The molecule has 0 radical (unpaired) electrons. The van der Waals surface area contributed by atoms with Gasteiger partial charge in [-0.2, -0.15) is 0 Å². The predicted octanol–water partition coefficient (Wildman–Crippen LogP) is 4.50. The van der Waals surface area contributed by atoms with Gasteiger partial charge in [0.1, 0.15) is 0 Å². The Labute approximate surface area is 127 Å². The molecule has 1 aromatic carbocycles. The highest BCUT2D eigenvalue weighted by Crippen LogP contribution is 2.21. The van der Waals surface area contributed by atoms with E-state index in [1.54, 1.807) is 11.3 Å². The number of aromatic nitrogens is 1. The molecule has 2 rings (SSSR count). The van der Waals surface area contributed by atoms with Crippen LogP contribution in [0.5, 0.6) is 0 Å². The van der Waals surface area contributed by atoms with Gasteiger partial charge in [-0.3, -0.25) is 0 Å². The molecule has 0 fully saturated rings. The molecule has 0 amide bonds. The Hall–Kier alpha value is -0.710. The van der Waals surface area contributed by atoms with Crippen LogP contribution in [-0.2, 0) is 6.42 Å². The Kier molecular flexibility index (Phi) is 5.55. The molecule has 1 unspecified atom stereocenters. The zero-order valence-corrected chi connectivity index (χ0v) is 13.7. The summed E-state index contributed by atoms with van der Waals surface area (Å²) in [5.74, 6) is 0. The molecule has 0 aliphatic carbocycles. The quantitative estimate of drug-likeness (QED) is 0.838. The van der Waals surface area contributed by atoms with Crippen LogP contribution in [0, 0.1) is 6.92 Å². The lowest BCUT2D eigenvalue weighted by Crippen LogP contribution is -2.24. The molecule has 102 valence electrons. The monoisotopic (exact) mass is 338 g/mol. The fraction of sp³-hybridized carbons (Fsp3) is 0.400. The summed E-state index contributed by atoms with van der Waals surface area (Å²) >= 11 is 5.20. The van der Waals surface area contributed by atoms with Crippen LogP contribution in [0.1, 0.15) is 35.7 Å². The van der Waals surface area contributed by atoms with Crippen molar-refractivity contribution >= 4 is 27.3 Å². The number of aryl methyl sites for hydroxylation is 1. The van der Waals surface area contributed by atoms with Crippen LogP contribution in [-0.4, -0.2) is 11.5 Å². The van der Waals surface area contributed by atoms with Crippen LogP contribution < -0.4 is 5.32 Å². The molecule has 1 atom stereocenters. The molecule has 0 aliphatic heterocycles. The van der Waals surface area contributed by atoms with Crippen molar-refractivity contribution in [3.8, 4) is 0 Å². The highest BCUT2D eigenvalue weighted by molar-refractivity contribution is 9.10. The first-order valence-electron chi connectivity index (χ1n) is 6.59. The van der Waals surface area contributed by atoms with E-state index in [1.165, 1.54) is 11.3 Å². The van der Waals surface area contributed by atoms with E-state index >= 15 is 0 Å². The maximum absolute atomic E-state index is 4.62. The average molecular weight is 339 g/mol. The SMILES string of the molecule is CCCNC(Cc1ccc(Br)cc1)c1csc(C)n1. The summed E-state index contributed by atoms with van der Waals surface area (Å²) in [5, 5.41) is 6.90. The second-order valence-corrected chi connectivity index (χ2v) is 6.61. The molecule has 1 N–H and O–H groups in total. The number of nitrogens with one attached hydrogen (secondary N) is 1. The fourth-order valence-corrected chi connectivity index (χ4v) is 2.93. The molecule has 0 bridgehead atoms. The Balaban J connectivity index is 2.11. The molecule has 1 aromatic heterocycles. The van der Waals surface area contributed by atoms with E-state index in [4.69, 9.17) is 0 Å². The summed E-state index contributed by atoms with van der Waals surface area (Å²) in [4.78, 5) is 4.62. The number of thiazole rings is 1. The molecule has 0 spiro atoms. The van der Waals surface area contributed by atoms with Gasteiger partial charge in [0.25, 0.3) is 0 Å². The van der Waals surface area contributed by atoms with Crippen LogP contribution in [0.15, 0.2) is 34.1 Å². The number of nitrogens with zero attached hydrogens (tertiary/aromatic N) is 1.